The van der Waals surface area contributed by atoms with Crippen LogP contribution in [0.25, 0.3) is 0 Å². The van der Waals surface area contributed by atoms with Crippen molar-refractivity contribution in [2.45, 2.75) is 26.2 Å². The van der Waals surface area contributed by atoms with E-state index in [1.54, 1.807) is 13.0 Å². The van der Waals surface area contributed by atoms with Gasteiger partial charge >= 0.3 is 0 Å². The number of ether oxygens (including phenoxy) is 1. The Hall–Kier alpha value is -1.12. The van der Waals surface area contributed by atoms with Crippen LogP contribution in [-0.2, 0) is 0 Å². The number of alkyl halides is 1. The Morgan fingerprint density at radius 1 is 1.40 bits per heavy atom. The maximum atomic E-state index is 13.0. The summed E-state index contributed by atoms with van der Waals surface area (Å²) < 4.78 is 30.9. The number of halogens is 2. The van der Waals surface area contributed by atoms with Crippen molar-refractivity contribution < 1.29 is 13.5 Å². The summed E-state index contributed by atoms with van der Waals surface area (Å²) in [5, 5.41) is 0. The summed E-state index contributed by atoms with van der Waals surface area (Å²) in [4.78, 5) is 0. The van der Waals surface area contributed by atoms with E-state index in [1.165, 1.54) is 12.1 Å². The highest BCUT2D eigenvalue weighted by Gasteiger charge is 2.12. The fraction of sp³-hybridized carbons (Fsp3) is 0.500. The quantitative estimate of drug-likeness (QED) is 0.726. The number of rotatable bonds is 5. The smallest absolute Gasteiger partial charge is 0.123 e. The summed E-state index contributed by atoms with van der Waals surface area (Å²) in [5.41, 5.74) is 0.603. The molecule has 0 aliphatic rings. The Labute approximate surface area is 89.1 Å². The number of hydrogen-bond donors (Lipinski definition) is 0. The molecule has 0 bridgehead atoms. The fourth-order valence-corrected chi connectivity index (χ4v) is 1.33. The van der Waals surface area contributed by atoms with Crippen LogP contribution in [0.4, 0.5) is 8.78 Å². The van der Waals surface area contributed by atoms with Gasteiger partial charge in [0.2, 0.25) is 0 Å². The van der Waals surface area contributed by atoms with Gasteiger partial charge in [-0.15, -0.1) is 0 Å². The molecule has 0 aliphatic carbocycles. The van der Waals surface area contributed by atoms with Crippen molar-refractivity contribution in [1.82, 2.24) is 0 Å². The lowest BCUT2D eigenvalue weighted by molar-refractivity contribution is 0.309. The Morgan fingerprint density at radius 3 is 2.73 bits per heavy atom. The third-order valence-electron chi connectivity index (χ3n) is 2.20. The first-order valence-electron chi connectivity index (χ1n) is 5.17. The van der Waals surface area contributed by atoms with Gasteiger partial charge in [0, 0.05) is 11.5 Å². The van der Waals surface area contributed by atoms with E-state index in [1.807, 2.05) is 6.92 Å². The lowest BCUT2D eigenvalue weighted by Crippen LogP contribution is -2.03. The summed E-state index contributed by atoms with van der Waals surface area (Å²) in [6, 6.07) is 4.24. The van der Waals surface area contributed by atoms with E-state index in [0.717, 1.165) is 6.42 Å². The average Bonchev–Trinajstić information content (AvgIpc) is 2.26. The van der Waals surface area contributed by atoms with E-state index in [9.17, 15) is 8.78 Å². The monoisotopic (exact) mass is 214 g/mol. The Kier molecular flexibility index (Phi) is 4.53. The number of benzene rings is 1. The van der Waals surface area contributed by atoms with Crippen LogP contribution < -0.4 is 4.74 Å². The summed E-state index contributed by atoms with van der Waals surface area (Å²) in [6.45, 7) is 3.76. The highest BCUT2D eigenvalue weighted by atomic mass is 19.1. The second-order valence-electron chi connectivity index (χ2n) is 3.59. The lowest BCUT2D eigenvalue weighted by Gasteiger charge is -2.14. The van der Waals surface area contributed by atoms with Crippen LogP contribution in [0.2, 0.25) is 0 Å². The van der Waals surface area contributed by atoms with Gasteiger partial charge in [0.05, 0.1) is 13.3 Å². The minimum atomic E-state index is -0.508. The normalized spacial score (nSPS) is 12.5. The molecule has 0 fully saturated rings. The first-order chi connectivity index (χ1) is 7.19. The molecule has 84 valence electrons. The van der Waals surface area contributed by atoms with Gasteiger partial charge in [-0.2, -0.15) is 0 Å². The molecule has 1 nitrogen and oxygen atoms in total. The zero-order valence-corrected chi connectivity index (χ0v) is 9.09. The van der Waals surface area contributed by atoms with E-state index >= 15 is 0 Å². The van der Waals surface area contributed by atoms with Crippen molar-refractivity contribution in [1.29, 1.82) is 0 Å². The van der Waals surface area contributed by atoms with Crippen LogP contribution in [-0.4, -0.2) is 13.3 Å². The first kappa shape index (κ1) is 12.0. The molecule has 0 heterocycles. The molecule has 3 heteroatoms. The van der Waals surface area contributed by atoms with Crippen molar-refractivity contribution >= 4 is 0 Å². The van der Waals surface area contributed by atoms with Crippen molar-refractivity contribution in [2.24, 2.45) is 0 Å². The van der Waals surface area contributed by atoms with Gasteiger partial charge in [-0.05, 0) is 24.6 Å². The molecule has 1 unspecified atom stereocenters. The molecular formula is C12H16F2O. The minimum Gasteiger partial charge on any atom is -0.493 e. The second-order valence-corrected chi connectivity index (χ2v) is 3.59. The molecule has 0 amide bonds. The molecule has 15 heavy (non-hydrogen) atoms. The summed E-state index contributed by atoms with van der Waals surface area (Å²) in [6.07, 6.45) is 0.876. The molecule has 1 rings (SSSR count). The molecule has 1 atom stereocenters. The predicted octanol–water partition coefficient (Wildman–Crippen LogP) is 3.69. The zero-order valence-electron chi connectivity index (χ0n) is 9.09. The number of hydrogen-bond acceptors (Lipinski definition) is 1. The average molecular weight is 214 g/mol. The minimum absolute atomic E-state index is 0.326. The molecule has 0 N–H and O–H groups in total. The van der Waals surface area contributed by atoms with Crippen LogP contribution >= 0.6 is 0 Å². The third-order valence-corrected chi connectivity index (χ3v) is 2.20. The molecule has 1 aromatic carbocycles. The second kappa shape index (κ2) is 5.69. The largest absolute Gasteiger partial charge is 0.493 e. The molecule has 0 saturated heterocycles. The Morgan fingerprint density at radius 2 is 2.13 bits per heavy atom. The van der Waals surface area contributed by atoms with Crippen molar-refractivity contribution in [3.63, 3.8) is 0 Å². The van der Waals surface area contributed by atoms with Gasteiger partial charge in [-0.25, -0.2) is 4.39 Å². The van der Waals surface area contributed by atoms with Gasteiger partial charge in [0.25, 0.3) is 0 Å². The third kappa shape index (κ3) is 3.18. The van der Waals surface area contributed by atoms with E-state index in [-0.39, 0.29) is 11.7 Å². The van der Waals surface area contributed by atoms with E-state index < -0.39 is 6.67 Å². The van der Waals surface area contributed by atoms with Crippen molar-refractivity contribution in [3.8, 4) is 5.75 Å². The molecule has 0 spiro atoms. The van der Waals surface area contributed by atoms with E-state index in [4.69, 9.17) is 4.74 Å². The molecular weight excluding hydrogens is 198 g/mol. The topological polar surface area (TPSA) is 9.23 Å². The fourth-order valence-electron chi connectivity index (χ4n) is 1.33. The van der Waals surface area contributed by atoms with Gasteiger partial charge in [0.1, 0.15) is 11.6 Å². The van der Waals surface area contributed by atoms with Crippen LogP contribution in [0.5, 0.6) is 5.75 Å². The molecule has 0 aromatic heterocycles. The van der Waals surface area contributed by atoms with Gasteiger partial charge in [0.15, 0.2) is 0 Å². The summed E-state index contributed by atoms with van der Waals surface area (Å²) in [7, 11) is 0. The highest BCUT2D eigenvalue weighted by molar-refractivity contribution is 5.36. The molecule has 0 radical (unpaired) electrons. The first-order valence-corrected chi connectivity index (χ1v) is 5.17. The lowest BCUT2D eigenvalue weighted by atomic mass is 10.0. The van der Waals surface area contributed by atoms with Gasteiger partial charge in [-0.3, -0.25) is 4.39 Å². The predicted molar refractivity (Wildman–Crippen MR) is 56.6 cm³/mol. The standard InChI is InChI=1S/C12H16F2O/c1-3-6-15-12-5-4-10(14)7-11(12)9(2)8-13/h4-5,7,9H,3,6,8H2,1-2H3. The van der Waals surface area contributed by atoms with Crippen LogP contribution in [0.1, 0.15) is 31.7 Å². The van der Waals surface area contributed by atoms with Crippen molar-refractivity contribution in [3.05, 3.63) is 29.6 Å². The molecule has 0 aliphatic heterocycles. The Balaban J connectivity index is 2.92. The maximum Gasteiger partial charge on any atom is 0.123 e. The Bertz CT molecular complexity index is 312. The summed E-state index contributed by atoms with van der Waals surface area (Å²) in [5.74, 6) is -0.0925. The van der Waals surface area contributed by atoms with Crippen LogP contribution in [0.15, 0.2) is 18.2 Å². The van der Waals surface area contributed by atoms with E-state index in [2.05, 4.69) is 0 Å². The van der Waals surface area contributed by atoms with Crippen molar-refractivity contribution in [2.75, 3.05) is 13.3 Å². The highest BCUT2D eigenvalue weighted by Crippen LogP contribution is 2.27. The SMILES string of the molecule is CCCOc1ccc(F)cc1C(C)CF. The van der Waals surface area contributed by atoms with Gasteiger partial charge in [-0.1, -0.05) is 13.8 Å². The van der Waals surface area contributed by atoms with Gasteiger partial charge < -0.3 is 4.74 Å². The van der Waals surface area contributed by atoms with Crippen LogP contribution in [0, 0.1) is 5.82 Å². The zero-order chi connectivity index (χ0) is 11.3. The molecule has 0 saturated carbocycles. The summed E-state index contributed by atoms with van der Waals surface area (Å²) >= 11 is 0. The molecule has 1 aromatic rings. The maximum absolute atomic E-state index is 13.0. The van der Waals surface area contributed by atoms with E-state index in [0.29, 0.717) is 17.9 Å². The van der Waals surface area contributed by atoms with Crippen LogP contribution in [0.3, 0.4) is 0 Å².